The number of nitrogens with one attached hydrogen (secondary N) is 1. The smallest absolute Gasteiger partial charge is 0.232 e. The fraction of sp³-hybridized carbons (Fsp3) is 0.333. The summed E-state index contributed by atoms with van der Waals surface area (Å²) in [5.74, 6) is -0.897. The molecule has 0 aliphatic rings. The summed E-state index contributed by atoms with van der Waals surface area (Å²) < 4.78 is 38.7. The maximum Gasteiger partial charge on any atom is 0.232 e. The fourth-order valence-electron chi connectivity index (χ4n) is 1.06. The molecule has 0 unspecified atom stereocenters. The average Bonchev–Trinajstić information content (AvgIpc) is 2.21. The second-order valence-electron chi connectivity index (χ2n) is 3.09. The molecule has 0 fully saturated rings. The molecule has 4 nitrogen and oxygen atoms in total. The molecule has 0 radical (unpaired) electrons. The molecule has 0 aromatic heterocycles. The van der Waals surface area contributed by atoms with E-state index in [9.17, 15) is 12.8 Å². The molecule has 0 saturated heterocycles. The van der Waals surface area contributed by atoms with E-state index < -0.39 is 15.8 Å². The molecule has 0 atom stereocenters. The average molecular weight is 312 g/mol. The Morgan fingerprint density at radius 1 is 1.44 bits per heavy atom. The summed E-state index contributed by atoms with van der Waals surface area (Å²) in [4.78, 5) is 0. The molecule has 0 saturated carbocycles. The van der Waals surface area contributed by atoms with Gasteiger partial charge in [0.2, 0.25) is 10.0 Å². The summed E-state index contributed by atoms with van der Waals surface area (Å²) in [6.07, 6.45) is 0.113. The topological polar surface area (TPSA) is 66.4 Å². The first kappa shape index (κ1) is 13.4. The van der Waals surface area contributed by atoms with Crippen molar-refractivity contribution in [1.29, 1.82) is 0 Å². The minimum Gasteiger partial charge on any atom is -0.396 e. The third kappa shape index (κ3) is 3.73. The van der Waals surface area contributed by atoms with Crippen molar-refractivity contribution in [2.24, 2.45) is 0 Å². The highest BCUT2D eigenvalue weighted by Gasteiger charge is 2.14. The van der Waals surface area contributed by atoms with Crippen molar-refractivity contribution in [3.63, 3.8) is 0 Å². The normalized spacial score (nSPS) is 11.4. The minimum absolute atomic E-state index is 0.111. The van der Waals surface area contributed by atoms with E-state index in [0.717, 1.165) is 6.07 Å². The maximum atomic E-state index is 13.3. The SMILES string of the molecule is O=S(=O)(CCCO)Nc1c(F)cccc1Br. The molecule has 1 aromatic carbocycles. The summed E-state index contributed by atoms with van der Waals surface area (Å²) in [5, 5.41) is 8.53. The first-order chi connectivity index (χ1) is 7.46. The highest BCUT2D eigenvalue weighted by molar-refractivity contribution is 9.10. The minimum atomic E-state index is -3.62. The van der Waals surface area contributed by atoms with Crippen molar-refractivity contribution in [3.8, 4) is 0 Å². The van der Waals surface area contributed by atoms with Crippen LogP contribution in [-0.4, -0.2) is 25.9 Å². The zero-order valence-electron chi connectivity index (χ0n) is 8.28. The molecular formula is C9H11BrFNO3S. The number of sulfonamides is 1. The zero-order valence-corrected chi connectivity index (χ0v) is 10.7. The van der Waals surface area contributed by atoms with Crippen LogP contribution in [0.2, 0.25) is 0 Å². The van der Waals surface area contributed by atoms with Crippen molar-refractivity contribution >= 4 is 31.6 Å². The van der Waals surface area contributed by atoms with Crippen LogP contribution < -0.4 is 4.72 Å². The van der Waals surface area contributed by atoms with Crippen molar-refractivity contribution < 1.29 is 17.9 Å². The maximum absolute atomic E-state index is 13.3. The number of aliphatic hydroxyl groups excluding tert-OH is 1. The molecule has 90 valence electrons. The van der Waals surface area contributed by atoms with Gasteiger partial charge in [0.25, 0.3) is 0 Å². The Hall–Kier alpha value is -0.660. The Labute approximate surface area is 102 Å². The van der Waals surface area contributed by atoms with Crippen LogP contribution in [0, 0.1) is 5.82 Å². The van der Waals surface area contributed by atoms with E-state index in [0.29, 0.717) is 4.47 Å². The third-order valence-electron chi connectivity index (χ3n) is 1.79. The van der Waals surface area contributed by atoms with Crippen LogP contribution in [0.1, 0.15) is 6.42 Å². The fourth-order valence-corrected chi connectivity index (χ4v) is 2.76. The van der Waals surface area contributed by atoms with Gasteiger partial charge in [0.1, 0.15) is 5.82 Å². The van der Waals surface area contributed by atoms with Crippen molar-refractivity contribution in [3.05, 3.63) is 28.5 Å². The van der Waals surface area contributed by atoms with Crippen LogP contribution in [0.4, 0.5) is 10.1 Å². The first-order valence-electron chi connectivity index (χ1n) is 4.51. The lowest BCUT2D eigenvalue weighted by Gasteiger charge is -2.09. The second-order valence-corrected chi connectivity index (χ2v) is 5.79. The Morgan fingerprint density at radius 2 is 2.12 bits per heavy atom. The molecular weight excluding hydrogens is 301 g/mol. The zero-order chi connectivity index (χ0) is 12.2. The molecule has 0 amide bonds. The Kier molecular flexibility index (Phi) is 4.69. The van der Waals surface area contributed by atoms with Crippen LogP contribution in [0.25, 0.3) is 0 Å². The lowest BCUT2D eigenvalue weighted by atomic mass is 10.3. The van der Waals surface area contributed by atoms with E-state index in [2.05, 4.69) is 20.7 Å². The molecule has 0 aliphatic carbocycles. The van der Waals surface area contributed by atoms with Crippen LogP contribution in [0.15, 0.2) is 22.7 Å². The summed E-state index contributed by atoms with van der Waals surface area (Å²) in [6.45, 7) is -0.223. The number of aliphatic hydroxyl groups is 1. The van der Waals surface area contributed by atoms with Crippen LogP contribution in [0.5, 0.6) is 0 Å². The molecule has 0 spiro atoms. The van der Waals surface area contributed by atoms with E-state index in [4.69, 9.17) is 5.11 Å². The third-order valence-corrected chi connectivity index (χ3v) is 3.79. The van der Waals surface area contributed by atoms with Crippen molar-refractivity contribution in [2.75, 3.05) is 17.1 Å². The number of para-hydroxylation sites is 1. The van der Waals surface area contributed by atoms with E-state index >= 15 is 0 Å². The van der Waals surface area contributed by atoms with Gasteiger partial charge in [-0.05, 0) is 34.5 Å². The van der Waals surface area contributed by atoms with Crippen LogP contribution >= 0.6 is 15.9 Å². The molecule has 1 rings (SSSR count). The summed E-state index contributed by atoms with van der Waals surface area (Å²) in [7, 11) is -3.62. The molecule has 2 N–H and O–H groups in total. The van der Waals surface area contributed by atoms with Gasteiger partial charge in [-0.25, -0.2) is 12.8 Å². The molecule has 0 bridgehead atoms. The van der Waals surface area contributed by atoms with Gasteiger partial charge < -0.3 is 5.11 Å². The van der Waals surface area contributed by atoms with Gasteiger partial charge in [0.15, 0.2) is 0 Å². The summed E-state index contributed by atoms with van der Waals surface area (Å²) >= 11 is 3.05. The number of benzene rings is 1. The van der Waals surface area contributed by atoms with Gasteiger partial charge in [-0.3, -0.25) is 4.72 Å². The Balaban J connectivity index is 2.88. The van der Waals surface area contributed by atoms with E-state index in [1.54, 1.807) is 0 Å². The Bertz CT molecular complexity index is 444. The molecule has 1 aromatic rings. The van der Waals surface area contributed by atoms with Crippen molar-refractivity contribution in [2.45, 2.75) is 6.42 Å². The van der Waals surface area contributed by atoms with Gasteiger partial charge in [-0.15, -0.1) is 0 Å². The molecule has 16 heavy (non-hydrogen) atoms. The molecule has 0 heterocycles. The number of anilines is 1. The number of hydrogen-bond acceptors (Lipinski definition) is 3. The molecule has 7 heteroatoms. The van der Waals surface area contributed by atoms with Gasteiger partial charge >= 0.3 is 0 Å². The van der Waals surface area contributed by atoms with Gasteiger partial charge in [-0.2, -0.15) is 0 Å². The summed E-state index contributed by atoms with van der Waals surface area (Å²) in [6, 6.07) is 4.16. The largest absolute Gasteiger partial charge is 0.396 e. The quantitative estimate of drug-likeness (QED) is 0.870. The highest BCUT2D eigenvalue weighted by Crippen LogP contribution is 2.26. The number of rotatable bonds is 5. The first-order valence-corrected chi connectivity index (χ1v) is 6.96. The monoisotopic (exact) mass is 311 g/mol. The molecule has 0 aliphatic heterocycles. The van der Waals surface area contributed by atoms with Crippen LogP contribution in [-0.2, 0) is 10.0 Å². The summed E-state index contributed by atoms with van der Waals surface area (Å²) in [5.41, 5.74) is -0.111. The van der Waals surface area contributed by atoms with Crippen LogP contribution in [0.3, 0.4) is 0 Å². The number of hydrogen-bond donors (Lipinski definition) is 2. The van der Waals surface area contributed by atoms with Crippen molar-refractivity contribution in [1.82, 2.24) is 0 Å². The van der Waals surface area contributed by atoms with Gasteiger partial charge in [-0.1, -0.05) is 6.07 Å². The Morgan fingerprint density at radius 3 is 2.69 bits per heavy atom. The van der Waals surface area contributed by atoms with Gasteiger partial charge in [0, 0.05) is 11.1 Å². The van der Waals surface area contributed by atoms with E-state index in [-0.39, 0.29) is 24.5 Å². The predicted molar refractivity (Wildman–Crippen MR) is 63.2 cm³/mol. The van der Waals surface area contributed by atoms with E-state index in [1.807, 2.05) is 0 Å². The predicted octanol–water partition coefficient (Wildman–Crippen LogP) is 1.71. The lowest BCUT2D eigenvalue weighted by Crippen LogP contribution is -2.18. The van der Waals surface area contributed by atoms with E-state index in [1.165, 1.54) is 12.1 Å². The van der Waals surface area contributed by atoms with Gasteiger partial charge in [0.05, 0.1) is 11.4 Å². The highest BCUT2D eigenvalue weighted by atomic mass is 79.9. The number of halogens is 2. The second kappa shape index (κ2) is 5.60. The standard InChI is InChI=1S/C9H11BrFNO3S/c10-7-3-1-4-8(11)9(7)12-16(14,15)6-2-5-13/h1,3-4,12-13H,2,5-6H2. The lowest BCUT2D eigenvalue weighted by molar-refractivity contribution is 0.295.